The van der Waals surface area contributed by atoms with Gasteiger partial charge in [0.1, 0.15) is 0 Å². The summed E-state index contributed by atoms with van der Waals surface area (Å²) in [5.41, 5.74) is 0.526. The maximum atomic E-state index is 13.9. The number of amides is 1. The van der Waals surface area contributed by atoms with Crippen LogP contribution in [0.1, 0.15) is 28.9 Å². The van der Waals surface area contributed by atoms with Gasteiger partial charge in [-0.2, -0.15) is 4.31 Å². The first-order valence-corrected chi connectivity index (χ1v) is 10.5. The van der Waals surface area contributed by atoms with Gasteiger partial charge >= 0.3 is 0 Å². The standard InChI is InChI=1S/C18H21FN4O3S/c1-27(25,26)23(12-14-5-2-8-20-11-14)15-6-4-10-22(13-15)18(24)17-16(19)7-3-9-21-17/h2-3,5,7-9,11,15H,4,6,10,12-13H2,1H3. The monoisotopic (exact) mass is 392 g/mol. The molecule has 1 aliphatic rings. The molecular weight excluding hydrogens is 371 g/mol. The normalized spacial score (nSPS) is 17.9. The van der Waals surface area contributed by atoms with E-state index in [0.717, 1.165) is 11.8 Å². The second-order valence-corrected chi connectivity index (χ2v) is 8.49. The second kappa shape index (κ2) is 8.10. The zero-order chi connectivity index (χ0) is 19.4. The Kier molecular flexibility index (Phi) is 5.81. The number of piperidine rings is 1. The summed E-state index contributed by atoms with van der Waals surface area (Å²) in [5.74, 6) is -1.20. The van der Waals surface area contributed by atoms with Gasteiger partial charge in [0.2, 0.25) is 10.0 Å². The minimum atomic E-state index is -3.51. The summed E-state index contributed by atoms with van der Waals surface area (Å²) >= 11 is 0. The Bertz CT molecular complexity index is 908. The van der Waals surface area contributed by atoms with Gasteiger partial charge in [-0.1, -0.05) is 6.07 Å². The Morgan fingerprint density at radius 2 is 2.11 bits per heavy atom. The molecule has 7 nitrogen and oxygen atoms in total. The van der Waals surface area contributed by atoms with Crippen LogP contribution in [0.4, 0.5) is 4.39 Å². The van der Waals surface area contributed by atoms with Crippen molar-refractivity contribution in [3.63, 3.8) is 0 Å². The van der Waals surface area contributed by atoms with E-state index in [0.29, 0.717) is 19.4 Å². The summed E-state index contributed by atoms with van der Waals surface area (Å²) in [6.45, 7) is 0.815. The smallest absolute Gasteiger partial charge is 0.275 e. The third-order valence-electron chi connectivity index (χ3n) is 4.54. The highest BCUT2D eigenvalue weighted by atomic mass is 32.2. The highest BCUT2D eigenvalue weighted by molar-refractivity contribution is 7.88. The average molecular weight is 392 g/mol. The summed E-state index contributed by atoms with van der Waals surface area (Å²) in [6.07, 6.45) is 7.02. The molecule has 1 fully saturated rings. The Morgan fingerprint density at radius 1 is 1.33 bits per heavy atom. The van der Waals surface area contributed by atoms with E-state index in [4.69, 9.17) is 0 Å². The summed E-state index contributed by atoms with van der Waals surface area (Å²) < 4.78 is 40.0. The second-order valence-electron chi connectivity index (χ2n) is 6.55. The Morgan fingerprint density at radius 3 is 2.78 bits per heavy atom. The molecule has 27 heavy (non-hydrogen) atoms. The molecule has 2 aromatic heterocycles. The van der Waals surface area contributed by atoms with Gasteiger partial charge < -0.3 is 4.90 Å². The van der Waals surface area contributed by atoms with E-state index >= 15 is 0 Å². The largest absolute Gasteiger partial charge is 0.336 e. The van der Waals surface area contributed by atoms with Crippen LogP contribution < -0.4 is 0 Å². The number of hydrogen-bond donors (Lipinski definition) is 0. The zero-order valence-corrected chi connectivity index (χ0v) is 15.8. The van der Waals surface area contributed by atoms with Crippen molar-refractivity contribution in [3.05, 3.63) is 59.9 Å². The number of halogens is 1. The van der Waals surface area contributed by atoms with Crippen LogP contribution in [-0.2, 0) is 16.6 Å². The van der Waals surface area contributed by atoms with Crippen molar-refractivity contribution in [2.45, 2.75) is 25.4 Å². The van der Waals surface area contributed by atoms with E-state index in [1.807, 2.05) is 0 Å². The molecule has 0 bridgehead atoms. The van der Waals surface area contributed by atoms with Crippen LogP contribution in [0.2, 0.25) is 0 Å². The quantitative estimate of drug-likeness (QED) is 0.773. The van der Waals surface area contributed by atoms with Gasteiger partial charge in [0, 0.05) is 44.3 Å². The number of likely N-dealkylation sites (tertiary alicyclic amines) is 1. The highest BCUT2D eigenvalue weighted by Gasteiger charge is 2.33. The minimum Gasteiger partial charge on any atom is -0.336 e. The zero-order valence-electron chi connectivity index (χ0n) is 15.0. The van der Waals surface area contributed by atoms with E-state index in [9.17, 15) is 17.6 Å². The number of carbonyl (C=O) groups excluding carboxylic acids is 1. The number of nitrogens with zero attached hydrogens (tertiary/aromatic N) is 4. The van der Waals surface area contributed by atoms with E-state index in [-0.39, 0.29) is 24.8 Å². The summed E-state index contributed by atoms with van der Waals surface area (Å²) in [4.78, 5) is 22.0. The van der Waals surface area contributed by atoms with Gasteiger partial charge in [-0.15, -0.1) is 0 Å². The summed E-state index contributed by atoms with van der Waals surface area (Å²) in [6, 6.07) is 5.78. The lowest BCUT2D eigenvalue weighted by Gasteiger charge is -2.38. The lowest BCUT2D eigenvalue weighted by Crippen LogP contribution is -2.51. The fraction of sp³-hybridized carbons (Fsp3) is 0.389. The van der Waals surface area contributed by atoms with Gasteiger partial charge in [0.15, 0.2) is 11.5 Å². The number of carbonyl (C=O) groups is 1. The van der Waals surface area contributed by atoms with Crippen molar-refractivity contribution >= 4 is 15.9 Å². The summed E-state index contributed by atoms with van der Waals surface area (Å²) in [7, 11) is -3.51. The minimum absolute atomic E-state index is 0.178. The van der Waals surface area contributed by atoms with Crippen LogP contribution in [0.15, 0.2) is 42.9 Å². The molecule has 3 rings (SSSR count). The first kappa shape index (κ1) is 19.4. The fourth-order valence-electron chi connectivity index (χ4n) is 3.26. The third-order valence-corrected chi connectivity index (χ3v) is 5.82. The van der Waals surface area contributed by atoms with Crippen LogP contribution in [0, 0.1) is 5.82 Å². The molecule has 144 valence electrons. The maximum absolute atomic E-state index is 13.9. The van der Waals surface area contributed by atoms with Crippen molar-refractivity contribution < 1.29 is 17.6 Å². The van der Waals surface area contributed by atoms with E-state index in [1.54, 1.807) is 24.5 Å². The predicted octanol–water partition coefficient (Wildman–Crippen LogP) is 1.68. The number of sulfonamides is 1. The topological polar surface area (TPSA) is 83.5 Å². The molecule has 1 amide bonds. The van der Waals surface area contributed by atoms with Gasteiger partial charge in [0.25, 0.3) is 5.91 Å². The van der Waals surface area contributed by atoms with E-state index < -0.39 is 21.7 Å². The molecule has 0 spiro atoms. The Labute approximate surface area is 157 Å². The average Bonchev–Trinajstić information content (AvgIpc) is 2.66. The van der Waals surface area contributed by atoms with Crippen molar-refractivity contribution in [1.82, 2.24) is 19.2 Å². The van der Waals surface area contributed by atoms with Gasteiger partial charge in [0.05, 0.1) is 6.26 Å². The molecule has 2 aromatic rings. The lowest BCUT2D eigenvalue weighted by atomic mass is 10.0. The third kappa shape index (κ3) is 4.67. The number of pyridine rings is 2. The van der Waals surface area contributed by atoms with Crippen molar-refractivity contribution in [3.8, 4) is 0 Å². The van der Waals surface area contributed by atoms with E-state index in [2.05, 4.69) is 9.97 Å². The van der Waals surface area contributed by atoms with Gasteiger partial charge in [-0.05, 0) is 36.6 Å². The van der Waals surface area contributed by atoms with Crippen molar-refractivity contribution in [2.24, 2.45) is 0 Å². The van der Waals surface area contributed by atoms with Crippen molar-refractivity contribution in [2.75, 3.05) is 19.3 Å². The molecule has 1 aliphatic heterocycles. The molecule has 9 heteroatoms. The van der Waals surface area contributed by atoms with E-state index in [1.165, 1.54) is 27.5 Å². The highest BCUT2D eigenvalue weighted by Crippen LogP contribution is 2.22. The molecule has 3 heterocycles. The van der Waals surface area contributed by atoms with Gasteiger partial charge in [-0.3, -0.25) is 9.78 Å². The molecule has 0 N–H and O–H groups in total. The Balaban J connectivity index is 1.80. The van der Waals surface area contributed by atoms with Crippen LogP contribution in [-0.4, -0.2) is 58.9 Å². The van der Waals surface area contributed by atoms with Crippen LogP contribution in [0.5, 0.6) is 0 Å². The maximum Gasteiger partial charge on any atom is 0.275 e. The predicted molar refractivity (Wildman–Crippen MR) is 97.7 cm³/mol. The van der Waals surface area contributed by atoms with Crippen molar-refractivity contribution in [1.29, 1.82) is 0 Å². The molecule has 0 radical (unpaired) electrons. The molecular formula is C18H21FN4O3S. The van der Waals surface area contributed by atoms with Crippen LogP contribution in [0.25, 0.3) is 0 Å². The molecule has 1 saturated heterocycles. The lowest BCUT2D eigenvalue weighted by molar-refractivity contribution is 0.0640. The molecule has 0 aliphatic carbocycles. The molecule has 0 aromatic carbocycles. The van der Waals surface area contributed by atoms with Gasteiger partial charge in [-0.25, -0.2) is 17.8 Å². The molecule has 0 saturated carbocycles. The van der Waals surface area contributed by atoms with Crippen LogP contribution >= 0.6 is 0 Å². The molecule has 1 unspecified atom stereocenters. The first-order chi connectivity index (χ1) is 12.9. The van der Waals surface area contributed by atoms with Crippen LogP contribution in [0.3, 0.4) is 0 Å². The summed E-state index contributed by atoms with van der Waals surface area (Å²) in [5, 5.41) is 0. The molecule has 1 atom stereocenters. The SMILES string of the molecule is CS(=O)(=O)N(Cc1cccnc1)C1CCCN(C(=O)c2ncccc2F)C1. The number of rotatable bonds is 5. The first-order valence-electron chi connectivity index (χ1n) is 8.62. The number of aromatic nitrogens is 2. The Hall–Kier alpha value is -2.39. The number of hydrogen-bond acceptors (Lipinski definition) is 5. The fourth-order valence-corrected chi connectivity index (χ4v) is 4.35.